The number of carbonyl (C=O) groups excluding carboxylic acids is 1. The van der Waals surface area contributed by atoms with E-state index in [1.54, 1.807) is 19.1 Å². The molecular formula is C13H16F2N2O2. The lowest BCUT2D eigenvalue weighted by Crippen LogP contribution is -2.24. The Bertz CT molecular complexity index is 460. The zero-order chi connectivity index (χ0) is 13.8. The lowest BCUT2D eigenvalue weighted by molar-refractivity contribution is -0.119. The van der Waals surface area contributed by atoms with Gasteiger partial charge in [0.25, 0.3) is 0 Å². The number of hydrogen-bond donors (Lipinski definition) is 2. The molecule has 19 heavy (non-hydrogen) atoms. The fourth-order valence-electron chi connectivity index (χ4n) is 2.02. The number of hydrogen-bond acceptors (Lipinski definition) is 3. The van der Waals surface area contributed by atoms with E-state index < -0.39 is 6.61 Å². The summed E-state index contributed by atoms with van der Waals surface area (Å²) in [5.74, 6) is -0.0880. The third kappa shape index (κ3) is 3.64. The van der Waals surface area contributed by atoms with Gasteiger partial charge >= 0.3 is 6.61 Å². The molecule has 0 aliphatic carbocycles. The third-order valence-corrected chi connectivity index (χ3v) is 3.10. The van der Waals surface area contributed by atoms with Crippen LogP contribution in [0.4, 0.5) is 14.5 Å². The van der Waals surface area contributed by atoms with Crippen molar-refractivity contribution in [3.8, 4) is 5.75 Å². The van der Waals surface area contributed by atoms with Gasteiger partial charge in [0, 0.05) is 18.3 Å². The van der Waals surface area contributed by atoms with Gasteiger partial charge in [-0.3, -0.25) is 4.79 Å². The molecule has 2 N–H and O–H groups in total. The van der Waals surface area contributed by atoms with Crippen molar-refractivity contribution >= 4 is 11.6 Å². The van der Waals surface area contributed by atoms with E-state index in [2.05, 4.69) is 15.4 Å². The molecule has 0 aromatic heterocycles. The Kier molecular flexibility index (Phi) is 4.31. The van der Waals surface area contributed by atoms with Gasteiger partial charge in [-0.2, -0.15) is 8.78 Å². The van der Waals surface area contributed by atoms with E-state index in [4.69, 9.17) is 0 Å². The van der Waals surface area contributed by atoms with Crippen LogP contribution in [0.5, 0.6) is 5.75 Å². The molecule has 0 spiro atoms. The number of nitrogens with one attached hydrogen (secondary N) is 2. The van der Waals surface area contributed by atoms with E-state index in [-0.39, 0.29) is 17.6 Å². The third-order valence-electron chi connectivity index (χ3n) is 3.10. The molecule has 1 aromatic carbocycles. The molecule has 1 aliphatic rings. The van der Waals surface area contributed by atoms with Crippen LogP contribution in [-0.2, 0) is 4.79 Å². The Morgan fingerprint density at radius 2 is 2.32 bits per heavy atom. The van der Waals surface area contributed by atoms with Crippen LogP contribution in [0.1, 0.15) is 12.0 Å². The van der Waals surface area contributed by atoms with E-state index in [9.17, 15) is 13.6 Å². The van der Waals surface area contributed by atoms with Crippen LogP contribution in [0.3, 0.4) is 0 Å². The lowest BCUT2D eigenvalue weighted by Gasteiger charge is -2.13. The van der Waals surface area contributed by atoms with Crippen molar-refractivity contribution in [1.29, 1.82) is 0 Å². The summed E-state index contributed by atoms with van der Waals surface area (Å²) in [5, 5.41) is 5.82. The van der Waals surface area contributed by atoms with Gasteiger partial charge in [-0.05, 0) is 31.5 Å². The highest BCUT2D eigenvalue weighted by atomic mass is 19.3. The first-order valence-electron chi connectivity index (χ1n) is 6.13. The summed E-state index contributed by atoms with van der Waals surface area (Å²) < 4.78 is 28.8. The number of rotatable bonds is 4. The fourth-order valence-corrected chi connectivity index (χ4v) is 2.02. The van der Waals surface area contributed by atoms with Crippen LogP contribution < -0.4 is 15.4 Å². The summed E-state index contributed by atoms with van der Waals surface area (Å²) in [5.41, 5.74) is 1.07. The average Bonchev–Trinajstić information content (AvgIpc) is 2.86. The largest absolute Gasteiger partial charge is 0.434 e. The maximum atomic E-state index is 12.2. The Labute approximate surface area is 110 Å². The van der Waals surface area contributed by atoms with Crippen LogP contribution in [0.2, 0.25) is 0 Å². The Balaban J connectivity index is 2.05. The van der Waals surface area contributed by atoms with Gasteiger partial charge in [0.1, 0.15) is 5.75 Å². The maximum absolute atomic E-state index is 12.2. The highest BCUT2D eigenvalue weighted by Crippen LogP contribution is 2.25. The molecule has 1 amide bonds. The van der Waals surface area contributed by atoms with Crippen LogP contribution in [0.25, 0.3) is 0 Å². The molecule has 1 fully saturated rings. The van der Waals surface area contributed by atoms with Crippen molar-refractivity contribution < 1.29 is 18.3 Å². The highest BCUT2D eigenvalue weighted by molar-refractivity contribution is 5.93. The normalized spacial score (nSPS) is 18.6. The first-order chi connectivity index (χ1) is 9.06. The minimum atomic E-state index is -2.87. The van der Waals surface area contributed by atoms with Gasteiger partial charge < -0.3 is 15.4 Å². The van der Waals surface area contributed by atoms with E-state index in [0.29, 0.717) is 17.8 Å². The monoisotopic (exact) mass is 270 g/mol. The van der Waals surface area contributed by atoms with Crippen molar-refractivity contribution in [2.24, 2.45) is 5.92 Å². The van der Waals surface area contributed by atoms with Crippen molar-refractivity contribution in [2.45, 2.75) is 20.0 Å². The molecular weight excluding hydrogens is 254 g/mol. The number of amides is 1. The summed E-state index contributed by atoms with van der Waals surface area (Å²) in [6, 6.07) is 4.73. The van der Waals surface area contributed by atoms with Gasteiger partial charge in [0.05, 0.1) is 5.92 Å². The predicted molar refractivity (Wildman–Crippen MR) is 67.4 cm³/mol. The SMILES string of the molecule is Cc1ccc(NC(=O)C2CCNC2)cc1OC(F)F. The summed E-state index contributed by atoms with van der Waals surface area (Å²) in [6.07, 6.45) is 0.790. The molecule has 1 heterocycles. The van der Waals surface area contributed by atoms with Crippen LogP contribution >= 0.6 is 0 Å². The number of benzene rings is 1. The van der Waals surface area contributed by atoms with Crippen LogP contribution in [0, 0.1) is 12.8 Å². The summed E-state index contributed by atoms with van der Waals surface area (Å²) in [7, 11) is 0. The van der Waals surface area contributed by atoms with Gasteiger partial charge in [-0.25, -0.2) is 0 Å². The van der Waals surface area contributed by atoms with Crippen molar-refractivity contribution in [2.75, 3.05) is 18.4 Å². The first kappa shape index (κ1) is 13.7. The molecule has 0 bridgehead atoms. The van der Waals surface area contributed by atoms with Crippen molar-refractivity contribution in [1.82, 2.24) is 5.32 Å². The minimum absolute atomic E-state index is 0.0687. The summed E-state index contributed by atoms with van der Waals surface area (Å²) in [6.45, 7) is 0.275. The second-order valence-corrected chi connectivity index (χ2v) is 4.54. The molecule has 1 aliphatic heterocycles. The Morgan fingerprint density at radius 1 is 1.53 bits per heavy atom. The molecule has 104 valence electrons. The lowest BCUT2D eigenvalue weighted by atomic mass is 10.1. The Hall–Kier alpha value is -1.69. The topological polar surface area (TPSA) is 50.4 Å². The van der Waals surface area contributed by atoms with E-state index >= 15 is 0 Å². The van der Waals surface area contributed by atoms with Crippen molar-refractivity contribution in [3.63, 3.8) is 0 Å². The highest BCUT2D eigenvalue weighted by Gasteiger charge is 2.22. The quantitative estimate of drug-likeness (QED) is 0.881. The van der Waals surface area contributed by atoms with E-state index in [1.165, 1.54) is 6.07 Å². The average molecular weight is 270 g/mol. The fraction of sp³-hybridized carbons (Fsp3) is 0.462. The molecule has 0 radical (unpaired) electrons. The molecule has 1 unspecified atom stereocenters. The Morgan fingerprint density at radius 3 is 2.95 bits per heavy atom. The van der Waals surface area contributed by atoms with E-state index in [0.717, 1.165) is 13.0 Å². The van der Waals surface area contributed by atoms with Crippen molar-refractivity contribution in [3.05, 3.63) is 23.8 Å². The summed E-state index contributed by atoms with van der Waals surface area (Å²) >= 11 is 0. The minimum Gasteiger partial charge on any atom is -0.434 e. The zero-order valence-corrected chi connectivity index (χ0v) is 10.6. The van der Waals surface area contributed by atoms with Gasteiger partial charge in [0.2, 0.25) is 5.91 Å². The number of halogens is 2. The second-order valence-electron chi connectivity index (χ2n) is 4.54. The molecule has 1 aromatic rings. The molecule has 6 heteroatoms. The van der Waals surface area contributed by atoms with Gasteiger partial charge in [-0.1, -0.05) is 6.07 Å². The summed E-state index contributed by atoms with van der Waals surface area (Å²) in [4.78, 5) is 11.9. The molecule has 1 atom stereocenters. The number of ether oxygens (including phenoxy) is 1. The second kappa shape index (κ2) is 5.97. The predicted octanol–water partition coefficient (Wildman–Crippen LogP) is 2.14. The molecule has 4 nitrogen and oxygen atoms in total. The van der Waals surface area contributed by atoms with Gasteiger partial charge in [-0.15, -0.1) is 0 Å². The van der Waals surface area contributed by atoms with Crippen LogP contribution in [-0.4, -0.2) is 25.6 Å². The maximum Gasteiger partial charge on any atom is 0.387 e. The molecule has 2 rings (SSSR count). The number of aryl methyl sites for hydroxylation is 1. The standard InChI is InChI=1S/C13H16F2N2O2/c1-8-2-3-10(6-11(8)19-13(14)15)17-12(18)9-4-5-16-7-9/h2-3,6,9,13,16H,4-5,7H2,1H3,(H,17,18). The number of anilines is 1. The van der Waals surface area contributed by atoms with Crippen LogP contribution in [0.15, 0.2) is 18.2 Å². The molecule has 1 saturated heterocycles. The van der Waals surface area contributed by atoms with Gasteiger partial charge in [0.15, 0.2) is 0 Å². The zero-order valence-electron chi connectivity index (χ0n) is 10.6. The number of alkyl halides is 2. The molecule has 0 saturated carbocycles. The van der Waals surface area contributed by atoms with E-state index in [1.807, 2.05) is 0 Å². The first-order valence-corrected chi connectivity index (χ1v) is 6.13. The number of carbonyl (C=O) groups is 1. The smallest absolute Gasteiger partial charge is 0.387 e.